The molecule has 1 N–H and O–H groups in total. The van der Waals surface area contributed by atoms with Crippen molar-refractivity contribution in [3.8, 4) is 17.2 Å². The molecule has 0 atom stereocenters. The molecule has 0 aliphatic carbocycles. The molecule has 0 fully saturated rings. The van der Waals surface area contributed by atoms with Crippen LogP contribution in [0.1, 0.15) is 12.5 Å². The van der Waals surface area contributed by atoms with Crippen molar-refractivity contribution in [1.82, 2.24) is 5.32 Å². The Hall–Kier alpha value is -0.940. The summed E-state index contributed by atoms with van der Waals surface area (Å²) in [4.78, 5) is 0. The highest BCUT2D eigenvalue weighted by Crippen LogP contribution is 2.44. The first-order valence-electron chi connectivity index (χ1n) is 5.37. The number of methoxy groups -OCH3 is 3. The first-order chi connectivity index (χ1) is 8.19. The zero-order chi connectivity index (χ0) is 12.8. The third kappa shape index (κ3) is 3.04. The minimum absolute atomic E-state index is 0.609. The lowest BCUT2D eigenvalue weighted by Crippen LogP contribution is -2.13. The van der Waals surface area contributed by atoms with E-state index >= 15 is 0 Å². The van der Waals surface area contributed by atoms with Crippen LogP contribution >= 0.6 is 15.9 Å². The van der Waals surface area contributed by atoms with Gasteiger partial charge in [-0.05, 0) is 28.5 Å². The van der Waals surface area contributed by atoms with E-state index in [1.807, 2.05) is 6.07 Å². The maximum Gasteiger partial charge on any atom is 0.204 e. The van der Waals surface area contributed by atoms with Crippen LogP contribution in [0.25, 0.3) is 0 Å². The van der Waals surface area contributed by atoms with Gasteiger partial charge in [0.25, 0.3) is 0 Å². The van der Waals surface area contributed by atoms with Crippen LogP contribution in [0, 0.1) is 0 Å². The van der Waals surface area contributed by atoms with Gasteiger partial charge in [-0.3, -0.25) is 0 Å². The molecule has 1 aromatic rings. The number of hydrogen-bond donors (Lipinski definition) is 1. The molecule has 17 heavy (non-hydrogen) atoms. The standard InChI is InChI=1S/C12H18BrNO3/c1-5-14-7-8-6-9(13)11(16-3)12(17-4)10(8)15-2/h6,14H,5,7H2,1-4H3. The molecule has 0 aliphatic rings. The van der Waals surface area contributed by atoms with Gasteiger partial charge in [0.15, 0.2) is 11.5 Å². The van der Waals surface area contributed by atoms with Crippen LogP contribution in [0.15, 0.2) is 10.5 Å². The topological polar surface area (TPSA) is 39.7 Å². The molecule has 4 nitrogen and oxygen atoms in total. The molecule has 0 saturated heterocycles. The molecule has 0 bridgehead atoms. The lowest BCUT2D eigenvalue weighted by atomic mass is 10.1. The van der Waals surface area contributed by atoms with E-state index in [1.165, 1.54) is 0 Å². The van der Waals surface area contributed by atoms with Crippen molar-refractivity contribution in [1.29, 1.82) is 0 Å². The number of rotatable bonds is 6. The quantitative estimate of drug-likeness (QED) is 0.877. The van der Waals surface area contributed by atoms with E-state index in [9.17, 15) is 0 Å². The summed E-state index contributed by atoms with van der Waals surface area (Å²) in [5, 5.41) is 3.26. The van der Waals surface area contributed by atoms with E-state index in [0.717, 1.165) is 23.1 Å². The molecule has 0 aliphatic heterocycles. The maximum atomic E-state index is 5.40. The normalized spacial score (nSPS) is 10.2. The van der Waals surface area contributed by atoms with Crippen molar-refractivity contribution < 1.29 is 14.2 Å². The van der Waals surface area contributed by atoms with E-state index in [2.05, 4.69) is 28.2 Å². The monoisotopic (exact) mass is 303 g/mol. The van der Waals surface area contributed by atoms with E-state index < -0.39 is 0 Å². The number of nitrogens with one attached hydrogen (secondary N) is 1. The molecule has 5 heteroatoms. The summed E-state index contributed by atoms with van der Waals surface area (Å²) in [6.45, 7) is 3.68. The summed E-state index contributed by atoms with van der Waals surface area (Å²) in [5.74, 6) is 1.95. The minimum Gasteiger partial charge on any atom is -0.492 e. The van der Waals surface area contributed by atoms with Crippen molar-refractivity contribution in [3.63, 3.8) is 0 Å². The fraction of sp³-hybridized carbons (Fsp3) is 0.500. The first-order valence-corrected chi connectivity index (χ1v) is 6.16. The zero-order valence-electron chi connectivity index (χ0n) is 10.6. The number of hydrogen-bond acceptors (Lipinski definition) is 4. The van der Waals surface area contributed by atoms with Crippen LogP contribution in [0.2, 0.25) is 0 Å². The van der Waals surface area contributed by atoms with Gasteiger partial charge in [0.05, 0.1) is 25.8 Å². The van der Waals surface area contributed by atoms with Crippen LogP contribution in [0.5, 0.6) is 17.2 Å². The Morgan fingerprint density at radius 2 is 1.65 bits per heavy atom. The van der Waals surface area contributed by atoms with Crippen molar-refractivity contribution >= 4 is 15.9 Å². The van der Waals surface area contributed by atoms with E-state index in [4.69, 9.17) is 14.2 Å². The van der Waals surface area contributed by atoms with Gasteiger partial charge >= 0.3 is 0 Å². The molecule has 1 rings (SSSR count). The van der Waals surface area contributed by atoms with Gasteiger partial charge in [0.2, 0.25) is 5.75 Å². The minimum atomic E-state index is 0.609. The lowest BCUT2D eigenvalue weighted by molar-refractivity contribution is 0.320. The van der Waals surface area contributed by atoms with Gasteiger partial charge in [-0.15, -0.1) is 0 Å². The lowest BCUT2D eigenvalue weighted by Gasteiger charge is -2.17. The molecule has 96 valence electrons. The van der Waals surface area contributed by atoms with Crippen molar-refractivity contribution in [3.05, 3.63) is 16.1 Å². The van der Waals surface area contributed by atoms with Crippen LogP contribution in [-0.4, -0.2) is 27.9 Å². The van der Waals surface area contributed by atoms with E-state index in [-0.39, 0.29) is 0 Å². The molecular formula is C12H18BrNO3. The Morgan fingerprint density at radius 3 is 2.12 bits per heavy atom. The molecule has 0 saturated carbocycles. The Kier molecular flexibility index (Phi) is 5.58. The fourth-order valence-electron chi connectivity index (χ4n) is 1.63. The van der Waals surface area contributed by atoms with Crippen molar-refractivity contribution in [2.45, 2.75) is 13.5 Å². The van der Waals surface area contributed by atoms with E-state index in [0.29, 0.717) is 17.2 Å². The molecule has 0 heterocycles. The third-order valence-corrected chi connectivity index (χ3v) is 2.99. The van der Waals surface area contributed by atoms with Gasteiger partial charge in [-0.25, -0.2) is 0 Å². The molecule has 1 aromatic carbocycles. The van der Waals surface area contributed by atoms with Gasteiger partial charge in [-0.1, -0.05) is 6.92 Å². The summed E-state index contributed by atoms with van der Waals surface area (Å²) >= 11 is 3.47. The fourth-order valence-corrected chi connectivity index (χ4v) is 2.25. The Balaban J connectivity index is 3.26. The summed E-state index contributed by atoms with van der Waals surface area (Å²) in [5.41, 5.74) is 1.03. The van der Waals surface area contributed by atoms with Gasteiger partial charge in [0.1, 0.15) is 0 Å². The number of ether oxygens (including phenoxy) is 3. The third-order valence-electron chi connectivity index (χ3n) is 2.40. The van der Waals surface area contributed by atoms with Crippen LogP contribution in [0.4, 0.5) is 0 Å². The van der Waals surface area contributed by atoms with Crippen LogP contribution in [0.3, 0.4) is 0 Å². The molecule has 0 spiro atoms. The molecule has 0 radical (unpaired) electrons. The molecular weight excluding hydrogens is 286 g/mol. The maximum absolute atomic E-state index is 5.40. The largest absolute Gasteiger partial charge is 0.492 e. The highest BCUT2D eigenvalue weighted by molar-refractivity contribution is 9.10. The molecule has 0 unspecified atom stereocenters. The average molecular weight is 304 g/mol. The van der Waals surface area contributed by atoms with E-state index in [1.54, 1.807) is 21.3 Å². The van der Waals surface area contributed by atoms with Gasteiger partial charge in [0, 0.05) is 12.1 Å². The summed E-state index contributed by atoms with van der Waals surface area (Å²) in [7, 11) is 4.83. The average Bonchev–Trinajstić information content (AvgIpc) is 2.35. The predicted octanol–water partition coefficient (Wildman–Crippen LogP) is 2.58. The Labute approximate surface area is 110 Å². The second-order valence-electron chi connectivity index (χ2n) is 3.40. The van der Waals surface area contributed by atoms with Crippen molar-refractivity contribution in [2.24, 2.45) is 0 Å². The van der Waals surface area contributed by atoms with Gasteiger partial charge in [-0.2, -0.15) is 0 Å². The molecule has 0 amide bonds. The highest BCUT2D eigenvalue weighted by atomic mass is 79.9. The Bertz CT molecular complexity index is 383. The zero-order valence-corrected chi connectivity index (χ0v) is 12.2. The van der Waals surface area contributed by atoms with Crippen LogP contribution in [-0.2, 0) is 6.54 Å². The predicted molar refractivity (Wildman–Crippen MR) is 71.2 cm³/mol. The van der Waals surface area contributed by atoms with Crippen LogP contribution < -0.4 is 19.5 Å². The molecule has 0 aromatic heterocycles. The highest BCUT2D eigenvalue weighted by Gasteiger charge is 2.19. The van der Waals surface area contributed by atoms with Gasteiger partial charge < -0.3 is 19.5 Å². The second kappa shape index (κ2) is 6.71. The first kappa shape index (κ1) is 14.1. The SMILES string of the molecule is CCNCc1cc(Br)c(OC)c(OC)c1OC. The number of benzene rings is 1. The number of halogens is 1. The second-order valence-corrected chi connectivity index (χ2v) is 4.25. The summed E-state index contributed by atoms with van der Waals surface area (Å²) in [6.07, 6.45) is 0. The Morgan fingerprint density at radius 1 is 1.06 bits per heavy atom. The summed E-state index contributed by atoms with van der Waals surface area (Å²) in [6, 6.07) is 1.98. The smallest absolute Gasteiger partial charge is 0.204 e. The van der Waals surface area contributed by atoms with Crippen molar-refractivity contribution in [2.75, 3.05) is 27.9 Å². The summed E-state index contributed by atoms with van der Waals surface area (Å²) < 4.78 is 16.9.